The lowest BCUT2D eigenvalue weighted by molar-refractivity contribution is 0.341. The maximum absolute atomic E-state index is 11.2. The predicted molar refractivity (Wildman–Crippen MR) is 72.2 cm³/mol. The fraction of sp³-hybridized carbons (Fsp3) is 0.364. The predicted octanol–water partition coefficient (Wildman–Crippen LogP) is 1.13. The number of thiocarbonyl (C=S) groups is 1. The molecule has 0 aliphatic rings. The molecule has 0 spiro atoms. The minimum Gasteiger partial charge on any atom is -0.493 e. The van der Waals surface area contributed by atoms with Crippen LogP contribution in [-0.2, 0) is 9.84 Å². The van der Waals surface area contributed by atoms with Gasteiger partial charge in [0, 0.05) is 11.3 Å². The van der Waals surface area contributed by atoms with Gasteiger partial charge in [-0.05, 0) is 12.1 Å². The molecular formula is C11H15NO3S2. The van der Waals surface area contributed by atoms with Gasteiger partial charge in [0.15, 0.2) is 9.84 Å². The molecule has 0 heterocycles. The van der Waals surface area contributed by atoms with Gasteiger partial charge in [-0.15, -0.1) is 0 Å². The Morgan fingerprint density at radius 2 is 2.18 bits per heavy atom. The molecule has 0 amide bonds. The monoisotopic (exact) mass is 273 g/mol. The highest BCUT2D eigenvalue weighted by molar-refractivity contribution is 7.91. The van der Waals surface area contributed by atoms with Crippen LogP contribution in [0.25, 0.3) is 0 Å². The largest absolute Gasteiger partial charge is 0.493 e. The summed E-state index contributed by atoms with van der Waals surface area (Å²) in [6.07, 6.45) is 0. The van der Waals surface area contributed by atoms with Gasteiger partial charge in [-0.2, -0.15) is 0 Å². The molecule has 1 aromatic rings. The highest BCUT2D eigenvalue weighted by atomic mass is 32.2. The van der Waals surface area contributed by atoms with E-state index < -0.39 is 9.84 Å². The van der Waals surface area contributed by atoms with E-state index in [1.807, 2.05) is 0 Å². The second kappa shape index (κ2) is 5.97. The van der Waals surface area contributed by atoms with Crippen molar-refractivity contribution in [2.45, 2.75) is 6.92 Å². The molecule has 0 aromatic heterocycles. The molecule has 1 aromatic carbocycles. The first-order valence-electron chi connectivity index (χ1n) is 5.17. The zero-order valence-electron chi connectivity index (χ0n) is 9.55. The molecule has 0 fully saturated rings. The normalized spacial score (nSPS) is 11.1. The Balaban J connectivity index is 2.58. The van der Waals surface area contributed by atoms with E-state index in [9.17, 15) is 8.42 Å². The lowest BCUT2D eigenvalue weighted by Gasteiger charge is -2.07. The van der Waals surface area contributed by atoms with Crippen molar-refractivity contribution in [3.63, 3.8) is 0 Å². The Morgan fingerprint density at radius 1 is 1.47 bits per heavy atom. The maximum atomic E-state index is 11.2. The Kier molecular flexibility index (Phi) is 4.89. The van der Waals surface area contributed by atoms with Crippen LogP contribution >= 0.6 is 12.2 Å². The van der Waals surface area contributed by atoms with Gasteiger partial charge in [0.05, 0.1) is 5.75 Å². The molecule has 0 aliphatic heterocycles. The Bertz CT molecular complexity index is 497. The van der Waals surface area contributed by atoms with Gasteiger partial charge >= 0.3 is 0 Å². The van der Waals surface area contributed by atoms with Gasteiger partial charge in [-0.1, -0.05) is 31.3 Å². The van der Waals surface area contributed by atoms with Crippen molar-refractivity contribution in [2.24, 2.45) is 5.73 Å². The van der Waals surface area contributed by atoms with Gasteiger partial charge in [0.1, 0.15) is 17.3 Å². The van der Waals surface area contributed by atoms with Gasteiger partial charge in [0.2, 0.25) is 0 Å². The molecule has 1 rings (SSSR count). The van der Waals surface area contributed by atoms with Crippen LogP contribution in [0.1, 0.15) is 12.5 Å². The SMILES string of the molecule is CCS(=O)(=O)CCOc1cccc(C(N)=S)c1. The quantitative estimate of drug-likeness (QED) is 0.787. The maximum Gasteiger partial charge on any atom is 0.153 e. The van der Waals surface area contributed by atoms with Crippen molar-refractivity contribution in [3.8, 4) is 5.75 Å². The molecule has 6 heteroatoms. The van der Waals surface area contributed by atoms with Crippen LogP contribution < -0.4 is 10.5 Å². The van der Waals surface area contributed by atoms with Crippen molar-refractivity contribution in [3.05, 3.63) is 29.8 Å². The summed E-state index contributed by atoms with van der Waals surface area (Å²) in [6, 6.07) is 6.97. The summed E-state index contributed by atoms with van der Waals surface area (Å²) < 4.78 is 27.8. The van der Waals surface area contributed by atoms with Crippen LogP contribution in [0.2, 0.25) is 0 Å². The van der Waals surface area contributed by atoms with E-state index in [0.29, 0.717) is 11.3 Å². The summed E-state index contributed by atoms with van der Waals surface area (Å²) >= 11 is 4.84. The molecule has 4 nitrogen and oxygen atoms in total. The van der Waals surface area contributed by atoms with Crippen LogP contribution in [0.15, 0.2) is 24.3 Å². The van der Waals surface area contributed by atoms with E-state index >= 15 is 0 Å². The molecule has 0 atom stereocenters. The first-order valence-corrected chi connectivity index (χ1v) is 7.40. The van der Waals surface area contributed by atoms with E-state index in [1.54, 1.807) is 31.2 Å². The standard InChI is InChI=1S/C11H15NO3S2/c1-2-17(13,14)7-6-15-10-5-3-4-9(8-10)11(12)16/h3-5,8H,2,6-7H2,1H3,(H2,12,16). The molecule has 0 saturated carbocycles. The molecule has 2 N–H and O–H groups in total. The van der Waals surface area contributed by atoms with Crippen LogP contribution in [0.3, 0.4) is 0 Å². The zero-order valence-corrected chi connectivity index (χ0v) is 11.2. The van der Waals surface area contributed by atoms with Gasteiger partial charge < -0.3 is 10.5 Å². The lowest BCUT2D eigenvalue weighted by atomic mass is 10.2. The minimum atomic E-state index is -2.99. The average molecular weight is 273 g/mol. The lowest BCUT2D eigenvalue weighted by Crippen LogP contribution is -2.16. The third kappa shape index (κ3) is 4.70. The fourth-order valence-corrected chi connectivity index (χ4v) is 1.92. The summed E-state index contributed by atoms with van der Waals surface area (Å²) in [5.41, 5.74) is 6.19. The third-order valence-corrected chi connectivity index (χ3v) is 4.13. The van der Waals surface area contributed by atoms with Crippen molar-refractivity contribution < 1.29 is 13.2 Å². The van der Waals surface area contributed by atoms with Crippen molar-refractivity contribution in [1.82, 2.24) is 0 Å². The fourth-order valence-electron chi connectivity index (χ4n) is 1.17. The number of benzene rings is 1. The summed E-state index contributed by atoms with van der Waals surface area (Å²) in [5.74, 6) is 0.714. The van der Waals surface area contributed by atoms with Crippen LogP contribution in [0, 0.1) is 0 Å². The van der Waals surface area contributed by atoms with E-state index in [-0.39, 0.29) is 23.1 Å². The number of ether oxygens (including phenoxy) is 1. The van der Waals surface area contributed by atoms with Crippen molar-refractivity contribution in [2.75, 3.05) is 18.1 Å². The molecule has 0 unspecified atom stereocenters. The van der Waals surface area contributed by atoms with Crippen molar-refractivity contribution >= 4 is 27.0 Å². The van der Waals surface area contributed by atoms with Gasteiger partial charge in [-0.25, -0.2) is 8.42 Å². The Morgan fingerprint density at radius 3 is 2.76 bits per heavy atom. The number of sulfone groups is 1. The van der Waals surface area contributed by atoms with Crippen molar-refractivity contribution in [1.29, 1.82) is 0 Å². The van der Waals surface area contributed by atoms with Gasteiger partial charge in [0.25, 0.3) is 0 Å². The Labute approximate surface area is 107 Å². The number of hydrogen-bond acceptors (Lipinski definition) is 4. The second-order valence-corrected chi connectivity index (χ2v) is 6.39. The zero-order chi connectivity index (χ0) is 12.9. The first-order chi connectivity index (χ1) is 7.94. The van der Waals surface area contributed by atoms with Gasteiger partial charge in [-0.3, -0.25) is 0 Å². The summed E-state index contributed by atoms with van der Waals surface area (Å²) in [5, 5.41) is 0. The van der Waals surface area contributed by atoms with E-state index in [0.717, 1.165) is 0 Å². The first kappa shape index (κ1) is 13.9. The molecular weight excluding hydrogens is 258 g/mol. The summed E-state index contributed by atoms with van der Waals surface area (Å²) in [4.78, 5) is 0.289. The number of nitrogens with two attached hydrogens (primary N) is 1. The minimum absolute atomic E-state index is 0.0147. The van der Waals surface area contributed by atoms with E-state index in [4.69, 9.17) is 22.7 Å². The smallest absolute Gasteiger partial charge is 0.153 e. The molecule has 94 valence electrons. The van der Waals surface area contributed by atoms with E-state index in [2.05, 4.69) is 0 Å². The number of rotatable bonds is 6. The molecule has 0 bridgehead atoms. The molecule has 0 aliphatic carbocycles. The van der Waals surface area contributed by atoms with E-state index in [1.165, 1.54) is 0 Å². The average Bonchev–Trinajstić information content (AvgIpc) is 2.29. The summed E-state index contributed by atoms with van der Waals surface area (Å²) in [7, 11) is -2.99. The molecule has 0 radical (unpaired) electrons. The topological polar surface area (TPSA) is 69.4 Å². The third-order valence-electron chi connectivity index (χ3n) is 2.22. The van der Waals surface area contributed by atoms with Crippen LogP contribution in [-0.4, -0.2) is 31.5 Å². The highest BCUT2D eigenvalue weighted by Gasteiger charge is 2.07. The molecule has 17 heavy (non-hydrogen) atoms. The summed E-state index contributed by atoms with van der Waals surface area (Å²) in [6.45, 7) is 1.75. The Hall–Kier alpha value is -1.14. The van der Waals surface area contributed by atoms with Crippen LogP contribution in [0.5, 0.6) is 5.75 Å². The second-order valence-electron chi connectivity index (χ2n) is 3.48. The number of hydrogen-bond donors (Lipinski definition) is 1. The highest BCUT2D eigenvalue weighted by Crippen LogP contribution is 2.13. The molecule has 0 saturated heterocycles. The van der Waals surface area contributed by atoms with Crippen LogP contribution in [0.4, 0.5) is 0 Å².